The maximum Gasteiger partial charge on any atom is 0.280 e. The van der Waals surface area contributed by atoms with Gasteiger partial charge >= 0.3 is 0 Å². The minimum Gasteiger partial charge on any atom is -0.241 e. The Morgan fingerprint density at radius 3 is 2.37 bits per heavy atom. The van der Waals surface area contributed by atoms with E-state index in [-0.39, 0.29) is 17.3 Å². The van der Waals surface area contributed by atoms with Crippen molar-refractivity contribution in [3.63, 3.8) is 0 Å². The van der Waals surface area contributed by atoms with Gasteiger partial charge in [0.25, 0.3) is 6.43 Å². The first-order chi connectivity index (χ1) is 14.3. The van der Waals surface area contributed by atoms with Crippen molar-refractivity contribution in [1.29, 1.82) is 0 Å². The zero-order valence-electron chi connectivity index (χ0n) is 16.6. The van der Waals surface area contributed by atoms with E-state index in [4.69, 9.17) is 0 Å². The molecule has 0 unspecified atom stereocenters. The van der Waals surface area contributed by atoms with Gasteiger partial charge in [-0.1, -0.05) is 0 Å². The second kappa shape index (κ2) is 7.74. The van der Waals surface area contributed by atoms with Crippen molar-refractivity contribution < 1.29 is 13.2 Å². The molecule has 0 atom stereocenters. The predicted octanol–water partition coefficient (Wildman–Crippen LogP) is 4.44. The summed E-state index contributed by atoms with van der Waals surface area (Å²) in [6.45, 7) is 5.46. The number of halogens is 3. The number of rotatable bonds is 5. The fourth-order valence-corrected chi connectivity index (χ4v) is 3.40. The van der Waals surface area contributed by atoms with Crippen LogP contribution in [0.4, 0.5) is 13.2 Å². The lowest BCUT2D eigenvalue weighted by Crippen LogP contribution is -2.07. The zero-order valence-corrected chi connectivity index (χ0v) is 16.6. The van der Waals surface area contributed by atoms with Crippen LogP contribution in [0.1, 0.15) is 40.5 Å². The van der Waals surface area contributed by atoms with Gasteiger partial charge in [-0.25, -0.2) is 32.5 Å². The Morgan fingerprint density at radius 2 is 1.67 bits per heavy atom. The molecule has 0 aliphatic heterocycles. The first-order valence-corrected chi connectivity index (χ1v) is 9.30. The Hall–Kier alpha value is -3.49. The van der Waals surface area contributed by atoms with Crippen molar-refractivity contribution in [3.8, 4) is 11.5 Å². The van der Waals surface area contributed by atoms with E-state index < -0.39 is 6.43 Å². The fraction of sp³-hybridized carbons (Fsp3) is 0.238. The van der Waals surface area contributed by atoms with Gasteiger partial charge in [0, 0.05) is 23.7 Å². The molecule has 6 nitrogen and oxygen atoms in total. The third kappa shape index (κ3) is 3.70. The van der Waals surface area contributed by atoms with Crippen LogP contribution in [-0.2, 0) is 6.42 Å². The molecule has 0 N–H and O–H groups in total. The molecular formula is C21H19F3N6. The second-order valence-electron chi connectivity index (χ2n) is 7.00. The molecule has 0 bridgehead atoms. The van der Waals surface area contributed by atoms with E-state index in [2.05, 4.69) is 20.2 Å². The van der Waals surface area contributed by atoms with Crippen LogP contribution in [0.15, 0.2) is 42.7 Å². The number of aromatic nitrogens is 6. The molecule has 4 rings (SSSR count). The molecule has 1 aromatic carbocycles. The van der Waals surface area contributed by atoms with Crippen LogP contribution in [0.25, 0.3) is 11.5 Å². The van der Waals surface area contributed by atoms with Gasteiger partial charge in [-0.3, -0.25) is 0 Å². The highest BCUT2D eigenvalue weighted by molar-refractivity contribution is 5.39. The molecule has 0 amide bonds. The molecule has 30 heavy (non-hydrogen) atoms. The molecular weight excluding hydrogens is 393 g/mol. The van der Waals surface area contributed by atoms with E-state index in [1.54, 1.807) is 29.8 Å². The van der Waals surface area contributed by atoms with Crippen LogP contribution in [-0.4, -0.2) is 29.5 Å². The Balaban J connectivity index is 1.68. The zero-order chi connectivity index (χ0) is 21.4. The van der Waals surface area contributed by atoms with E-state index in [0.717, 1.165) is 27.3 Å². The monoisotopic (exact) mass is 412 g/mol. The van der Waals surface area contributed by atoms with Gasteiger partial charge in [0.15, 0.2) is 5.82 Å². The number of aryl methyl sites for hydroxylation is 2. The van der Waals surface area contributed by atoms with Gasteiger partial charge < -0.3 is 0 Å². The molecule has 4 aromatic rings. The number of nitrogens with zero attached hydrogens (tertiary/aromatic N) is 6. The first-order valence-electron chi connectivity index (χ1n) is 9.30. The average Bonchev–Trinajstić information content (AvgIpc) is 3.24. The average molecular weight is 412 g/mol. The second-order valence-corrected chi connectivity index (χ2v) is 7.00. The van der Waals surface area contributed by atoms with Gasteiger partial charge in [-0.05, 0) is 51.1 Å². The molecule has 0 aliphatic rings. The summed E-state index contributed by atoms with van der Waals surface area (Å²) in [6.07, 6.45) is -0.881. The van der Waals surface area contributed by atoms with Crippen LogP contribution in [0.5, 0.6) is 0 Å². The van der Waals surface area contributed by atoms with Crippen LogP contribution in [0.2, 0.25) is 0 Å². The lowest BCUT2D eigenvalue weighted by atomic mass is 10.1. The van der Waals surface area contributed by atoms with Crippen molar-refractivity contribution in [3.05, 3.63) is 82.6 Å². The summed E-state index contributed by atoms with van der Waals surface area (Å²) in [5, 5.41) is 8.70. The lowest BCUT2D eigenvalue weighted by molar-refractivity contribution is 0.142. The van der Waals surface area contributed by atoms with Crippen LogP contribution < -0.4 is 0 Å². The maximum atomic E-state index is 13.3. The Kier molecular flexibility index (Phi) is 5.11. The predicted molar refractivity (Wildman–Crippen MR) is 105 cm³/mol. The molecule has 9 heteroatoms. The van der Waals surface area contributed by atoms with Gasteiger partial charge in [-0.15, -0.1) is 0 Å². The van der Waals surface area contributed by atoms with Crippen LogP contribution in [0.3, 0.4) is 0 Å². The van der Waals surface area contributed by atoms with Crippen molar-refractivity contribution in [2.75, 3.05) is 0 Å². The van der Waals surface area contributed by atoms with E-state index >= 15 is 0 Å². The summed E-state index contributed by atoms with van der Waals surface area (Å²) in [5.41, 5.74) is 4.32. The molecule has 3 aromatic heterocycles. The molecule has 0 spiro atoms. The molecule has 3 heterocycles. The molecule has 0 saturated carbocycles. The summed E-state index contributed by atoms with van der Waals surface area (Å²) in [5.74, 6) is -0.0318. The Bertz CT molecular complexity index is 1190. The van der Waals surface area contributed by atoms with Crippen LogP contribution in [0, 0.1) is 26.6 Å². The highest BCUT2D eigenvalue weighted by atomic mass is 19.3. The van der Waals surface area contributed by atoms with Gasteiger partial charge in [0.1, 0.15) is 17.8 Å². The normalized spacial score (nSPS) is 11.4. The Labute approximate surface area is 171 Å². The Morgan fingerprint density at radius 1 is 0.933 bits per heavy atom. The fourth-order valence-electron chi connectivity index (χ4n) is 3.40. The van der Waals surface area contributed by atoms with Crippen LogP contribution >= 0.6 is 0 Å². The summed E-state index contributed by atoms with van der Waals surface area (Å²) in [7, 11) is 0. The van der Waals surface area contributed by atoms with Gasteiger partial charge in [-0.2, -0.15) is 10.2 Å². The number of hydrogen-bond acceptors (Lipinski definition) is 4. The largest absolute Gasteiger partial charge is 0.280 e. The summed E-state index contributed by atoms with van der Waals surface area (Å²) < 4.78 is 42.8. The SMILES string of the molecule is Cc1cc(C(F)F)n(-c2cc(Cc3c(C)nn(-c4ccc(F)cc4)c3C)ncn2)n1. The van der Waals surface area contributed by atoms with Crippen molar-refractivity contribution in [2.24, 2.45) is 0 Å². The van der Waals surface area contributed by atoms with E-state index in [0.29, 0.717) is 17.8 Å². The van der Waals surface area contributed by atoms with E-state index in [1.165, 1.54) is 24.5 Å². The highest BCUT2D eigenvalue weighted by Gasteiger charge is 2.19. The standard InChI is InChI=1S/C21H19F3N6/c1-12-8-19(21(23)24)30(27-12)20-10-16(25-11-26-20)9-18-13(2)28-29(14(18)3)17-6-4-15(22)5-7-17/h4-8,10-11,21H,9H2,1-3H3. The highest BCUT2D eigenvalue weighted by Crippen LogP contribution is 2.24. The molecule has 0 saturated heterocycles. The van der Waals surface area contributed by atoms with Crippen molar-refractivity contribution in [2.45, 2.75) is 33.6 Å². The van der Waals surface area contributed by atoms with Gasteiger partial charge in [0.2, 0.25) is 0 Å². The quantitative estimate of drug-likeness (QED) is 0.486. The van der Waals surface area contributed by atoms with Crippen molar-refractivity contribution in [1.82, 2.24) is 29.5 Å². The lowest BCUT2D eigenvalue weighted by Gasteiger charge is -2.08. The maximum absolute atomic E-state index is 13.3. The third-order valence-corrected chi connectivity index (χ3v) is 4.88. The summed E-state index contributed by atoms with van der Waals surface area (Å²) >= 11 is 0. The molecule has 0 aliphatic carbocycles. The minimum atomic E-state index is -2.66. The van der Waals surface area contributed by atoms with E-state index in [9.17, 15) is 13.2 Å². The molecule has 0 fully saturated rings. The molecule has 0 radical (unpaired) electrons. The van der Waals surface area contributed by atoms with Gasteiger partial charge in [0.05, 0.1) is 22.8 Å². The van der Waals surface area contributed by atoms with E-state index in [1.807, 2.05) is 13.8 Å². The molecule has 154 valence electrons. The third-order valence-electron chi connectivity index (χ3n) is 4.88. The van der Waals surface area contributed by atoms with Crippen molar-refractivity contribution >= 4 is 0 Å². The topological polar surface area (TPSA) is 61.4 Å². The summed E-state index contributed by atoms with van der Waals surface area (Å²) in [4.78, 5) is 8.40. The number of hydrogen-bond donors (Lipinski definition) is 0. The smallest absolute Gasteiger partial charge is 0.241 e. The number of alkyl halides is 2. The number of benzene rings is 1. The minimum absolute atomic E-state index is 0.214. The summed E-state index contributed by atoms with van der Waals surface area (Å²) in [6, 6.07) is 9.07. The first kappa shape index (κ1) is 19.8.